The van der Waals surface area contributed by atoms with Crippen LogP contribution in [0.3, 0.4) is 0 Å². The van der Waals surface area contributed by atoms with Crippen LogP contribution in [0.4, 0.5) is 5.00 Å². The summed E-state index contributed by atoms with van der Waals surface area (Å²) in [5, 5.41) is 8.16. The maximum absolute atomic E-state index is 12.8. The molecule has 174 valence electrons. The molecule has 0 saturated carbocycles. The van der Waals surface area contributed by atoms with E-state index in [2.05, 4.69) is 15.6 Å². The maximum Gasteiger partial charge on any atom is 0.341 e. The number of para-hydroxylation sites is 1. The first-order valence-corrected chi connectivity index (χ1v) is 12.1. The lowest BCUT2D eigenvalue weighted by atomic mass is 10.1. The summed E-state index contributed by atoms with van der Waals surface area (Å²) in [6.45, 7) is 5.99. The van der Waals surface area contributed by atoms with E-state index < -0.39 is 5.97 Å². The molecule has 2 aromatic heterocycles. The third-order valence-corrected chi connectivity index (χ3v) is 6.75. The second kappa shape index (κ2) is 11.1. The average Bonchev–Trinajstić information content (AvgIpc) is 3.38. The Balaban J connectivity index is 1.81. The van der Waals surface area contributed by atoms with E-state index in [1.165, 1.54) is 18.4 Å². The van der Waals surface area contributed by atoms with Crippen molar-refractivity contribution in [2.75, 3.05) is 25.6 Å². The number of carbonyl (C=O) groups is 3. The van der Waals surface area contributed by atoms with Crippen LogP contribution in [0.2, 0.25) is 0 Å². The SMILES string of the molecule is CCOC(=O)c1c(NC(=O)Cc2csc(-c3ccccc3OCC)n2)sc(C(=O)NC)c1C. The molecule has 0 radical (unpaired) electrons. The maximum atomic E-state index is 12.8. The number of thiazole rings is 1. The van der Waals surface area contributed by atoms with E-state index in [9.17, 15) is 14.4 Å². The Hall–Kier alpha value is -3.24. The fourth-order valence-corrected chi connectivity index (χ4v) is 5.16. The van der Waals surface area contributed by atoms with Crippen molar-refractivity contribution in [2.45, 2.75) is 27.2 Å². The number of benzene rings is 1. The number of nitrogens with zero attached hydrogens (tertiary/aromatic N) is 1. The van der Waals surface area contributed by atoms with E-state index in [4.69, 9.17) is 9.47 Å². The highest BCUT2D eigenvalue weighted by Gasteiger charge is 2.26. The van der Waals surface area contributed by atoms with Gasteiger partial charge in [-0.15, -0.1) is 22.7 Å². The van der Waals surface area contributed by atoms with Gasteiger partial charge in [0.25, 0.3) is 5.91 Å². The first kappa shape index (κ1) is 24.4. The molecule has 1 aromatic carbocycles. The highest BCUT2D eigenvalue weighted by molar-refractivity contribution is 7.18. The van der Waals surface area contributed by atoms with Gasteiger partial charge in [0, 0.05) is 12.4 Å². The van der Waals surface area contributed by atoms with Crippen LogP contribution >= 0.6 is 22.7 Å². The van der Waals surface area contributed by atoms with E-state index in [-0.39, 0.29) is 35.4 Å². The molecule has 0 fully saturated rings. The highest BCUT2D eigenvalue weighted by atomic mass is 32.1. The molecular formula is C23H25N3O5S2. The second-order valence-corrected chi connectivity index (χ2v) is 8.74. The zero-order valence-electron chi connectivity index (χ0n) is 18.8. The summed E-state index contributed by atoms with van der Waals surface area (Å²) in [5.74, 6) is -0.527. The average molecular weight is 488 g/mol. The van der Waals surface area contributed by atoms with Crippen LogP contribution in [0.5, 0.6) is 5.75 Å². The van der Waals surface area contributed by atoms with Gasteiger partial charge in [0.2, 0.25) is 5.91 Å². The molecule has 0 saturated heterocycles. The third-order valence-electron chi connectivity index (χ3n) is 4.62. The third kappa shape index (κ3) is 5.58. The second-order valence-electron chi connectivity index (χ2n) is 6.86. The number of anilines is 1. The van der Waals surface area contributed by atoms with E-state index in [1.807, 2.05) is 36.6 Å². The summed E-state index contributed by atoms with van der Waals surface area (Å²) in [6.07, 6.45) is 0.0157. The zero-order valence-corrected chi connectivity index (χ0v) is 20.4. The Morgan fingerprint density at radius 3 is 2.58 bits per heavy atom. The zero-order chi connectivity index (χ0) is 24.0. The molecule has 2 N–H and O–H groups in total. The van der Waals surface area contributed by atoms with E-state index >= 15 is 0 Å². The molecule has 33 heavy (non-hydrogen) atoms. The number of amides is 2. The van der Waals surface area contributed by atoms with E-state index in [0.29, 0.717) is 22.7 Å². The molecule has 0 bridgehead atoms. The van der Waals surface area contributed by atoms with Crippen molar-refractivity contribution in [1.82, 2.24) is 10.3 Å². The fourth-order valence-electron chi connectivity index (χ4n) is 3.15. The summed E-state index contributed by atoms with van der Waals surface area (Å²) in [6, 6.07) is 7.61. The number of ether oxygens (including phenoxy) is 2. The molecule has 3 aromatic rings. The minimum Gasteiger partial charge on any atom is -0.493 e. The Bertz CT molecular complexity index is 1170. The molecular weight excluding hydrogens is 462 g/mol. The number of rotatable bonds is 9. The predicted molar refractivity (Wildman–Crippen MR) is 129 cm³/mol. The number of hydrogen-bond acceptors (Lipinski definition) is 8. The van der Waals surface area contributed by atoms with Gasteiger partial charge in [-0.25, -0.2) is 9.78 Å². The summed E-state index contributed by atoms with van der Waals surface area (Å²) in [7, 11) is 1.51. The van der Waals surface area contributed by atoms with E-state index in [0.717, 1.165) is 27.7 Å². The van der Waals surface area contributed by atoms with Crippen molar-refractivity contribution >= 4 is 45.5 Å². The van der Waals surface area contributed by atoms with Gasteiger partial charge in [0.1, 0.15) is 15.8 Å². The van der Waals surface area contributed by atoms with Crippen LogP contribution in [0, 0.1) is 6.92 Å². The molecule has 0 unspecified atom stereocenters. The molecule has 3 rings (SSSR count). The fraction of sp³-hybridized carbons (Fsp3) is 0.304. The lowest BCUT2D eigenvalue weighted by Crippen LogP contribution is -2.18. The minimum atomic E-state index is -0.583. The summed E-state index contributed by atoms with van der Waals surface area (Å²) in [5.41, 5.74) is 2.12. The number of hydrogen-bond donors (Lipinski definition) is 2. The molecule has 0 spiro atoms. The number of thiophene rings is 1. The van der Waals surface area contributed by atoms with Gasteiger partial charge >= 0.3 is 5.97 Å². The smallest absolute Gasteiger partial charge is 0.341 e. The normalized spacial score (nSPS) is 10.5. The summed E-state index contributed by atoms with van der Waals surface area (Å²) >= 11 is 2.47. The number of esters is 1. The Morgan fingerprint density at radius 1 is 1.12 bits per heavy atom. The molecule has 2 heterocycles. The van der Waals surface area contributed by atoms with Gasteiger partial charge in [-0.1, -0.05) is 12.1 Å². The van der Waals surface area contributed by atoms with Gasteiger partial charge in [-0.3, -0.25) is 9.59 Å². The minimum absolute atomic E-state index is 0.0157. The Morgan fingerprint density at radius 2 is 1.88 bits per heavy atom. The van der Waals surface area contributed by atoms with Gasteiger partial charge < -0.3 is 20.1 Å². The molecule has 2 amide bonds. The van der Waals surface area contributed by atoms with Gasteiger partial charge in [-0.05, 0) is 38.5 Å². The molecule has 0 atom stereocenters. The van der Waals surface area contributed by atoms with Crippen molar-refractivity contribution in [3.63, 3.8) is 0 Å². The largest absolute Gasteiger partial charge is 0.493 e. The molecule has 0 aliphatic carbocycles. The number of aromatic nitrogens is 1. The quantitative estimate of drug-likeness (QED) is 0.436. The molecule has 8 nitrogen and oxygen atoms in total. The topological polar surface area (TPSA) is 107 Å². The Kier molecular flexibility index (Phi) is 8.18. The molecule has 0 aliphatic heterocycles. The van der Waals surface area contributed by atoms with Crippen LogP contribution in [-0.4, -0.2) is 43.0 Å². The summed E-state index contributed by atoms with van der Waals surface area (Å²) in [4.78, 5) is 42.4. The van der Waals surface area contributed by atoms with Gasteiger partial charge in [-0.2, -0.15) is 0 Å². The first-order valence-electron chi connectivity index (χ1n) is 10.4. The van der Waals surface area contributed by atoms with Crippen LogP contribution in [0.1, 0.15) is 45.1 Å². The monoisotopic (exact) mass is 487 g/mol. The highest BCUT2D eigenvalue weighted by Crippen LogP contribution is 2.35. The van der Waals surface area contributed by atoms with Crippen molar-refractivity contribution in [3.05, 3.63) is 51.3 Å². The van der Waals surface area contributed by atoms with Crippen LogP contribution < -0.4 is 15.4 Å². The molecule has 10 heteroatoms. The van der Waals surface area contributed by atoms with E-state index in [1.54, 1.807) is 13.8 Å². The van der Waals surface area contributed by atoms with Crippen LogP contribution in [-0.2, 0) is 16.0 Å². The van der Waals surface area contributed by atoms with Crippen molar-refractivity contribution in [1.29, 1.82) is 0 Å². The standard InChI is InChI=1S/C23H25N3O5S2/c1-5-30-16-10-8-7-9-15(16)21-25-14(12-32-21)11-17(27)26-22-18(23(29)31-6-2)13(3)19(33-22)20(28)24-4/h7-10,12H,5-6,11H2,1-4H3,(H,24,28)(H,26,27). The van der Waals surface area contributed by atoms with Crippen molar-refractivity contribution < 1.29 is 23.9 Å². The summed E-state index contributed by atoms with van der Waals surface area (Å²) < 4.78 is 10.8. The molecule has 0 aliphatic rings. The van der Waals surface area contributed by atoms with Crippen molar-refractivity contribution in [2.24, 2.45) is 0 Å². The number of carbonyl (C=O) groups excluding carboxylic acids is 3. The lowest BCUT2D eigenvalue weighted by Gasteiger charge is -2.07. The van der Waals surface area contributed by atoms with Gasteiger partial charge in [0.15, 0.2) is 0 Å². The number of nitrogens with one attached hydrogen (secondary N) is 2. The predicted octanol–water partition coefficient (Wildman–Crippen LogP) is 4.30. The van der Waals surface area contributed by atoms with Gasteiger partial charge in [0.05, 0.1) is 41.3 Å². The van der Waals surface area contributed by atoms with Crippen LogP contribution in [0.15, 0.2) is 29.6 Å². The lowest BCUT2D eigenvalue weighted by molar-refractivity contribution is -0.115. The van der Waals surface area contributed by atoms with Crippen molar-refractivity contribution in [3.8, 4) is 16.3 Å². The van der Waals surface area contributed by atoms with Crippen LogP contribution in [0.25, 0.3) is 10.6 Å². The Labute approximate surface area is 200 Å². The first-order chi connectivity index (χ1) is 15.9.